The second-order valence-electron chi connectivity index (χ2n) is 6.92. The number of rotatable bonds is 6. The van der Waals surface area contributed by atoms with Crippen molar-refractivity contribution in [1.29, 1.82) is 0 Å². The summed E-state index contributed by atoms with van der Waals surface area (Å²) < 4.78 is 11.8. The fourth-order valence-electron chi connectivity index (χ4n) is 2.98. The lowest BCUT2D eigenvalue weighted by atomic mass is 10.1. The van der Waals surface area contributed by atoms with Crippen LogP contribution in [0.4, 0.5) is 0 Å². The summed E-state index contributed by atoms with van der Waals surface area (Å²) in [6, 6.07) is 13.6. The fourth-order valence-corrected chi connectivity index (χ4v) is 4.14. The van der Waals surface area contributed by atoms with Crippen LogP contribution in [0, 0.1) is 13.8 Å². The van der Waals surface area contributed by atoms with Gasteiger partial charge in [-0.05, 0) is 37.6 Å². The number of hydrazone groups is 1. The summed E-state index contributed by atoms with van der Waals surface area (Å²) in [5.74, 6) is 1.02. The molecule has 1 unspecified atom stereocenters. The van der Waals surface area contributed by atoms with Crippen LogP contribution in [0.15, 0.2) is 47.6 Å². The maximum atomic E-state index is 12.1. The Labute approximate surface area is 180 Å². The number of nitrogens with zero attached hydrogens (tertiary/aromatic N) is 2. The van der Waals surface area contributed by atoms with Gasteiger partial charge in [0, 0.05) is 19.4 Å². The Morgan fingerprint density at radius 1 is 1.07 bits per heavy atom. The van der Waals surface area contributed by atoms with E-state index in [0.717, 1.165) is 22.4 Å². The van der Waals surface area contributed by atoms with E-state index in [0.29, 0.717) is 24.1 Å². The summed E-state index contributed by atoms with van der Waals surface area (Å²) in [6.07, 6.45) is 0. The monoisotopic (exact) mass is 427 g/mol. The average Bonchev–Trinajstić information content (AvgIpc) is 3.10. The Bertz CT molecular complexity index is 977. The number of amides is 2. The molecule has 0 saturated carbocycles. The second-order valence-corrected chi connectivity index (χ2v) is 7.99. The van der Waals surface area contributed by atoms with E-state index in [9.17, 15) is 9.59 Å². The molecule has 1 aliphatic rings. The zero-order valence-corrected chi connectivity index (χ0v) is 18.3. The van der Waals surface area contributed by atoms with Gasteiger partial charge in [-0.1, -0.05) is 41.6 Å². The molecule has 1 heterocycles. The largest absolute Gasteiger partial charge is 0.490 e. The molecule has 0 spiro atoms. The van der Waals surface area contributed by atoms with Crippen molar-refractivity contribution in [3.05, 3.63) is 59.2 Å². The van der Waals surface area contributed by atoms with Crippen LogP contribution in [-0.4, -0.2) is 35.2 Å². The molecule has 2 aromatic rings. The van der Waals surface area contributed by atoms with Crippen molar-refractivity contribution in [1.82, 2.24) is 10.3 Å². The van der Waals surface area contributed by atoms with Gasteiger partial charge in [0.25, 0.3) is 0 Å². The zero-order valence-electron chi connectivity index (χ0n) is 17.5. The molecule has 1 aliphatic heterocycles. The average molecular weight is 428 g/mol. The number of para-hydroxylation sites is 1. The Balaban J connectivity index is 1.72. The van der Waals surface area contributed by atoms with E-state index >= 15 is 0 Å². The van der Waals surface area contributed by atoms with Crippen molar-refractivity contribution in [3.8, 4) is 11.5 Å². The van der Waals surface area contributed by atoms with E-state index in [4.69, 9.17) is 9.47 Å². The SMILES string of the molecule is CC(=O)NC1=NN(C(C)=O)C(c2cc(C)ccc2OCCOc2ccccc2C)S1. The summed E-state index contributed by atoms with van der Waals surface area (Å²) in [6.45, 7) is 7.56. The highest BCUT2D eigenvalue weighted by Gasteiger charge is 2.34. The van der Waals surface area contributed by atoms with Crippen LogP contribution >= 0.6 is 11.8 Å². The van der Waals surface area contributed by atoms with Crippen LogP contribution in [0.2, 0.25) is 0 Å². The number of thioether (sulfide) groups is 1. The Morgan fingerprint density at radius 3 is 2.43 bits per heavy atom. The first-order valence-electron chi connectivity index (χ1n) is 9.59. The number of amidine groups is 1. The predicted molar refractivity (Wildman–Crippen MR) is 117 cm³/mol. The van der Waals surface area contributed by atoms with Crippen molar-refractivity contribution in [3.63, 3.8) is 0 Å². The zero-order chi connectivity index (χ0) is 21.7. The number of carbonyl (C=O) groups excluding carboxylic acids is 2. The smallest absolute Gasteiger partial charge is 0.241 e. The van der Waals surface area contributed by atoms with Crippen LogP contribution in [-0.2, 0) is 9.59 Å². The van der Waals surface area contributed by atoms with E-state index in [1.54, 1.807) is 0 Å². The highest BCUT2D eigenvalue weighted by atomic mass is 32.2. The molecule has 1 atom stereocenters. The summed E-state index contributed by atoms with van der Waals surface area (Å²) in [7, 11) is 0. The molecule has 0 radical (unpaired) electrons. The molecule has 8 heteroatoms. The van der Waals surface area contributed by atoms with Crippen molar-refractivity contribution in [2.45, 2.75) is 33.1 Å². The van der Waals surface area contributed by atoms with E-state index in [-0.39, 0.29) is 11.8 Å². The number of benzene rings is 2. The molecule has 3 rings (SSSR count). The molecule has 0 fully saturated rings. The molecule has 7 nitrogen and oxygen atoms in total. The topological polar surface area (TPSA) is 80.2 Å². The van der Waals surface area contributed by atoms with Gasteiger partial charge in [0.1, 0.15) is 30.1 Å². The van der Waals surface area contributed by atoms with Gasteiger partial charge in [0.05, 0.1) is 0 Å². The van der Waals surface area contributed by atoms with Gasteiger partial charge in [-0.3, -0.25) is 9.59 Å². The highest BCUT2D eigenvalue weighted by Crippen LogP contribution is 2.42. The first-order valence-corrected chi connectivity index (χ1v) is 10.5. The minimum atomic E-state index is -0.420. The van der Waals surface area contributed by atoms with Gasteiger partial charge in [0.15, 0.2) is 5.17 Å². The van der Waals surface area contributed by atoms with Gasteiger partial charge in [-0.2, -0.15) is 0 Å². The Hall–Kier alpha value is -3.00. The van der Waals surface area contributed by atoms with Crippen LogP contribution in [0.5, 0.6) is 11.5 Å². The Morgan fingerprint density at radius 2 is 1.77 bits per heavy atom. The van der Waals surface area contributed by atoms with E-state index in [1.165, 1.54) is 30.6 Å². The van der Waals surface area contributed by atoms with Gasteiger partial charge in [0.2, 0.25) is 11.8 Å². The van der Waals surface area contributed by atoms with Crippen LogP contribution in [0.1, 0.15) is 35.9 Å². The highest BCUT2D eigenvalue weighted by molar-refractivity contribution is 8.14. The van der Waals surface area contributed by atoms with Crippen LogP contribution < -0.4 is 14.8 Å². The maximum absolute atomic E-state index is 12.1. The summed E-state index contributed by atoms with van der Waals surface area (Å²) in [5, 5.41) is 8.24. The van der Waals surface area contributed by atoms with Crippen molar-refractivity contribution in [2.24, 2.45) is 5.10 Å². The van der Waals surface area contributed by atoms with Gasteiger partial charge in [-0.15, -0.1) is 5.10 Å². The van der Waals surface area contributed by atoms with Crippen LogP contribution in [0.25, 0.3) is 0 Å². The van der Waals surface area contributed by atoms with Gasteiger partial charge >= 0.3 is 0 Å². The lowest BCUT2D eigenvalue weighted by Crippen LogP contribution is -2.25. The molecule has 2 amide bonds. The van der Waals surface area contributed by atoms with Crippen LogP contribution in [0.3, 0.4) is 0 Å². The van der Waals surface area contributed by atoms with E-state index in [1.807, 2.05) is 56.3 Å². The van der Waals surface area contributed by atoms with E-state index in [2.05, 4.69) is 10.4 Å². The number of hydrogen-bond acceptors (Lipinski definition) is 6. The number of ether oxygens (including phenoxy) is 2. The lowest BCUT2D eigenvalue weighted by Gasteiger charge is -2.22. The molecule has 158 valence electrons. The number of aryl methyl sites for hydroxylation is 2. The number of carbonyl (C=O) groups is 2. The predicted octanol–water partition coefficient (Wildman–Crippen LogP) is 3.76. The summed E-state index contributed by atoms with van der Waals surface area (Å²) >= 11 is 1.30. The van der Waals surface area contributed by atoms with Gasteiger partial charge in [-0.25, -0.2) is 5.01 Å². The first-order chi connectivity index (χ1) is 14.3. The first kappa shape index (κ1) is 21.7. The lowest BCUT2D eigenvalue weighted by molar-refractivity contribution is -0.129. The minimum absolute atomic E-state index is 0.219. The maximum Gasteiger partial charge on any atom is 0.241 e. The Kier molecular flexibility index (Phi) is 6.99. The quantitative estimate of drug-likeness (QED) is 0.710. The second kappa shape index (κ2) is 9.67. The summed E-state index contributed by atoms with van der Waals surface area (Å²) in [5.41, 5.74) is 2.91. The molecule has 0 aromatic heterocycles. The molecule has 0 bridgehead atoms. The van der Waals surface area contributed by atoms with Crippen molar-refractivity contribution < 1.29 is 19.1 Å². The van der Waals surface area contributed by atoms with Crippen molar-refractivity contribution >= 4 is 28.7 Å². The molecule has 2 aromatic carbocycles. The van der Waals surface area contributed by atoms with Gasteiger partial charge < -0.3 is 14.8 Å². The number of hydrogen-bond donors (Lipinski definition) is 1. The molecule has 0 saturated heterocycles. The molecular weight excluding hydrogens is 402 g/mol. The third-order valence-electron chi connectivity index (χ3n) is 4.37. The number of nitrogens with one attached hydrogen (secondary N) is 1. The molecule has 0 aliphatic carbocycles. The molecular formula is C22H25N3O4S. The molecule has 1 N–H and O–H groups in total. The fraction of sp³-hybridized carbons (Fsp3) is 0.318. The summed E-state index contributed by atoms with van der Waals surface area (Å²) in [4.78, 5) is 23.5. The van der Waals surface area contributed by atoms with E-state index < -0.39 is 5.37 Å². The normalized spacial score (nSPS) is 15.5. The third-order valence-corrected chi connectivity index (χ3v) is 5.46. The minimum Gasteiger partial charge on any atom is -0.490 e. The van der Waals surface area contributed by atoms with Crippen molar-refractivity contribution in [2.75, 3.05) is 13.2 Å². The standard InChI is InChI=1S/C22H25N3O4S/c1-14-9-10-20(29-12-11-28-19-8-6-5-7-15(19)2)18(13-14)21-25(17(4)27)24-22(30-21)23-16(3)26/h5-10,13,21H,11-12H2,1-4H3,(H,23,24,26). The molecule has 30 heavy (non-hydrogen) atoms. The third kappa shape index (κ3) is 5.33.